The summed E-state index contributed by atoms with van der Waals surface area (Å²) in [4.78, 5) is 20.8. The number of halogens is 3. The predicted octanol–water partition coefficient (Wildman–Crippen LogP) is 7.12. The number of fused-ring (bicyclic) bond motifs is 1. The Bertz CT molecular complexity index is 1470. The van der Waals surface area contributed by atoms with E-state index in [0.717, 1.165) is 16.8 Å². The molecular weight excluding hydrogens is 511 g/mol. The Balaban J connectivity index is 1.28. The maximum absolute atomic E-state index is 12.6. The second-order valence-corrected chi connectivity index (χ2v) is 10.3. The van der Waals surface area contributed by atoms with E-state index in [0.29, 0.717) is 48.4 Å². The summed E-state index contributed by atoms with van der Waals surface area (Å²) in [6.45, 7) is 8.16. The van der Waals surface area contributed by atoms with E-state index in [1.165, 1.54) is 24.5 Å². The van der Waals surface area contributed by atoms with Gasteiger partial charge >= 0.3 is 12.5 Å². The molecule has 0 saturated carbocycles. The largest absolute Gasteiger partial charge is 0.573 e. The Labute approximate surface area is 223 Å². The van der Waals surface area contributed by atoms with Gasteiger partial charge in [0.2, 0.25) is 0 Å². The van der Waals surface area contributed by atoms with Crippen LogP contribution in [-0.4, -0.2) is 54.1 Å². The van der Waals surface area contributed by atoms with Crippen molar-refractivity contribution in [1.82, 2.24) is 9.88 Å². The lowest BCUT2D eigenvalue weighted by molar-refractivity contribution is -0.274. The number of furan rings is 1. The Hall–Kier alpha value is -4.21. The van der Waals surface area contributed by atoms with Gasteiger partial charge in [0.25, 0.3) is 0 Å². The molecule has 0 N–H and O–H groups in total. The van der Waals surface area contributed by atoms with Crippen molar-refractivity contribution in [3.63, 3.8) is 0 Å². The van der Waals surface area contributed by atoms with Gasteiger partial charge in [0.15, 0.2) is 5.58 Å². The average molecular weight is 540 g/mol. The molecule has 10 heteroatoms. The van der Waals surface area contributed by atoms with Gasteiger partial charge < -0.3 is 23.7 Å². The van der Waals surface area contributed by atoms with Crippen LogP contribution in [0.25, 0.3) is 33.4 Å². The van der Waals surface area contributed by atoms with Crippen molar-refractivity contribution in [2.45, 2.75) is 32.7 Å². The highest BCUT2D eigenvalue weighted by Gasteiger charge is 2.31. The minimum atomic E-state index is -4.77. The van der Waals surface area contributed by atoms with Crippen molar-refractivity contribution < 1.29 is 31.9 Å². The van der Waals surface area contributed by atoms with E-state index in [2.05, 4.69) is 14.6 Å². The SMILES string of the molecule is CC(C)(C)OC(=O)N1CCN(c2ccc(-c3cnc4c(-c5cccc(OC(F)(F)F)c5)coc4c3)cc2)CC1. The number of benzene rings is 2. The van der Waals surface area contributed by atoms with Gasteiger partial charge in [-0.1, -0.05) is 24.3 Å². The number of pyridine rings is 1. The molecule has 1 saturated heterocycles. The fraction of sp³-hybridized carbons (Fsp3) is 0.310. The molecule has 7 nitrogen and oxygen atoms in total. The highest BCUT2D eigenvalue weighted by molar-refractivity contribution is 5.92. The summed E-state index contributed by atoms with van der Waals surface area (Å²) in [6, 6.07) is 15.6. The molecule has 1 fully saturated rings. The minimum Gasteiger partial charge on any atom is -0.462 e. The van der Waals surface area contributed by atoms with Gasteiger partial charge in [0, 0.05) is 49.2 Å². The molecular formula is C29H28F3N3O4. The van der Waals surface area contributed by atoms with Crippen LogP contribution in [0.2, 0.25) is 0 Å². The maximum Gasteiger partial charge on any atom is 0.573 e. The van der Waals surface area contributed by atoms with Crippen molar-refractivity contribution in [2.24, 2.45) is 0 Å². The number of hydrogen-bond donors (Lipinski definition) is 0. The molecule has 2 aromatic carbocycles. The Morgan fingerprint density at radius 2 is 1.64 bits per heavy atom. The Morgan fingerprint density at radius 1 is 0.923 bits per heavy atom. The molecule has 4 aromatic rings. The van der Waals surface area contributed by atoms with Crippen molar-refractivity contribution in [3.8, 4) is 28.0 Å². The molecule has 0 spiro atoms. The van der Waals surface area contributed by atoms with Crippen molar-refractivity contribution in [3.05, 3.63) is 67.1 Å². The number of nitrogens with zero attached hydrogens (tertiary/aromatic N) is 3. The summed E-state index contributed by atoms with van der Waals surface area (Å²) in [5.41, 5.74) is 4.47. The van der Waals surface area contributed by atoms with Crippen LogP contribution in [0.5, 0.6) is 5.75 Å². The van der Waals surface area contributed by atoms with Crippen LogP contribution in [0.15, 0.2) is 71.5 Å². The van der Waals surface area contributed by atoms with E-state index in [-0.39, 0.29) is 11.8 Å². The maximum atomic E-state index is 12.6. The Kier molecular flexibility index (Phi) is 6.88. The number of alkyl halides is 3. The van der Waals surface area contributed by atoms with Gasteiger partial charge in [-0.2, -0.15) is 0 Å². The number of rotatable bonds is 4. The topological polar surface area (TPSA) is 68.0 Å². The molecule has 5 rings (SSSR count). The number of anilines is 1. The number of carbonyl (C=O) groups excluding carboxylic acids is 1. The third kappa shape index (κ3) is 6.27. The standard InChI is InChI=1S/C29H28F3N3O4/c1-28(2,3)39-27(36)35-13-11-34(12-14-35)22-9-7-19(8-10-22)21-16-25-26(33-17-21)24(18-37-25)20-5-4-6-23(15-20)38-29(30,31)32/h4-10,15-18H,11-14H2,1-3H3. The van der Waals surface area contributed by atoms with Crippen molar-refractivity contribution in [1.29, 1.82) is 0 Å². The van der Waals surface area contributed by atoms with Crippen LogP contribution in [0.4, 0.5) is 23.7 Å². The first kappa shape index (κ1) is 26.4. The van der Waals surface area contributed by atoms with Gasteiger partial charge in [-0.3, -0.25) is 4.98 Å². The predicted molar refractivity (Wildman–Crippen MR) is 142 cm³/mol. The summed E-state index contributed by atoms with van der Waals surface area (Å²) >= 11 is 0. The first-order valence-electron chi connectivity index (χ1n) is 12.5. The third-order valence-corrected chi connectivity index (χ3v) is 6.29. The lowest BCUT2D eigenvalue weighted by atomic mass is 10.0. The zero-order valence-corrected chi connectivity index (χ0v) is 21.8. The van der Waals surface area contributed by atoms with Gasteiger partial charge in [0.05, 0.1) is 0 Å². The lowest BCUT2D eigenvalue weighted by Gasteiger charge is -2.36. The molecule has 0 radical (unpaired) electrons. The van der Waals surface area contributed by atoms with Crippen LogP contribution >= 0.6 is 0 Å². The van der Waals surface area contributed by atoms with Crippen LogP contribution < -0.4 is 9.64 Å². The zero-order chi connectivity index (χ0) is 27.8. The molecule has 0 atom stereocenters. The van der Waals surface area contributed by atoms with E-state index in [1.54, 1.807) is 17.2 Å². The summed E-state index contributed by atoms with van der Waals surface area (Å²) in [6.07, 6.45) is -1.86. The normalized spacial score (nSPS) is 14.5. The highest BCUT2D eigenvalue weighted by atomic mass is 19.4. The van der Waals surface area contributed by atoms with Crippen LogP contribution in [0.1, 0.15) is 20.8 Å². The third-order valence-electron chi connectivity index (χ3n) is 6.29. The van der Waals surface area contributed by atoms with E-state index in [4.69, 9.17) is 9.15 Å². The van der Waals surface area contributed by atoms with Gasteiger partial charge in [-0.15, -0.1) is 13.2 Å². The average Bonchev–Trinajstić information content (AvgIpc) is 3.30. The molecule has 0 bridgehead atoms. The first-order chi connectivity index (χ1) is 18.4. The smallest absolute Gasteiger partial charge is 0.462 e. The first-order valence-corrected chi connectivity index (χ1v) is 12.5. The molecule has 39 heavy (non-hydrogen) atoms. The van der Waals surface area contributed by atoms with Crippen molar-refractivity contribution in [2.75, 3.05) is 31.1 Å². The van der Waals surface area contributed by atoms with Crippen LogP contribution in [0, 0.1) is 0 Å². The summed E-state index contributed by atoms with van der Waals surface area (Å²) in [7, 11) is 0. The van der Waals surface area contributed by atoms with E-state index < -0.39 is 12.0 Å². The number of hydrogen-bond acceptors (Lipinski definition) is 6. The number of aromatic nitrogens is 1. The number of amides is 1. The highest BCUT2D eigenvalue weighted by Crippen LogP contribution is 2.34. The van der Waals surface area contributed by atoms with E-state index in [9.17, 15) is 18.0 Å². The molecule has 3 heterocycles. The molecule has 1 aliphatic heterocycles. The quantitative estimate of drug-likeness (QED) is 0.275. The fourth-order valence-electron chi connectivity index (χ4n) is 4.48. The number of ether oxygens (including phenoxy) is 2. The molecule has 0 unspecified atom stereocenters. The second-order valence-electron chi connectivity index (χ2n) is 10.3. The van der Waals surface area contributed by atoms with E-state index >= 15 is 0 Å². The van der Waals surface area contributed by atoms with Crippen LogP contribution in [-0.2, 0) is 4.74 Å². The van der Waals surface area contributed by atoms with Gasteiger partial charge in [-0.05, 0) is 62.2 Å². The summed E-state index contributed by atoms with van der Waals surface area (Å²) in [5, 5.41) is 0. The van der Waals surface area contributed by atoms with Crippen LogP contribution in [0.3, 0.4) is 0 Å². The Morgan fingerprint density at radius 3 is 2.31 bits per heavy atom. The second kappa shape index (κ2) is 10.2. The van der Waals surface area contributed by atoms with Crippen molar-refractivity contribution >= 4 is 22.9 Å². The number of piperazine rings is 1. The molecule has 1 aliphatic rings. The van der Waals surface area contributed by atoms with E-state index in [1.807, 2.05) is 51.1 Å². The summed E-state index contributed by atoms with van der Waals surface area (Å²) < 4.78 is 53.1. The number of carbonyl (C=O) groups is 1. The fourth-order valence-corrected chi connectivity index (χ4v) is 4.48. The molecule has 2 aromatic heterocycles. The molecule has 0 aliphatic carbocycles. The summed E-state index contributed by atoms with van der Waals surface area (Å²) in [5.74, 6) is -0.308. The minimum absolute atomic E-state index is 0.288. The van der Waals surface area contributed by atoms with Gasteiger partial charge in [0.1, 0.15) is 23.1 Å². The zero-order valence-electron chi connectivity index (χ0n) is 21.8. The molecule has 204 valence electrons. The molecule has 1 amide bonds. The van der Waals surface area contributed by atoms with Gasteiger partial charge in [-0.25, -0.2) is 4.79 Å². The lowest BCUT2D eigenvalue weighted by Crippen LogP contribution is -2.50. The monoisotopic (exact) mass is 539 g/mol.